The number of hydrogen-bond acceptors (Lipinski definition) is 3. The summed E-state index contributed by atoms with van der Waals surface area (Å²) in [4.78, 5) is 35.1. The highest BCUT2D eigenvalue weighted by molar-refractivity contribution is 6.31. The molecule has 2 rings (SSSR count). The Balaban J connectivity index is 2.10. The Hall–Kier alpha value is -2.86. The van der Waals surface area contributed by atoms with Crippen LogP contribution in [-0.4, -0.2) is 22.9 Å². The quantitative estimate of drug-likeness (QED) is 0.680. The van der Waals surface area contributed by atoms with Crippen molar-refractivity contribution in [2.24, 2.45) is 0 Å². The Bertz CT molecular complexity index is 836. The van der Waals surface area contributed by atoms with Crippen molar-refractivity contribution in [1.82, 2.24) is 0 Å². The summed E-state index contributed by atoms with van der Waals surface area (Å²) >= 11 is 6.06. The van der Waals surface area contributed by atoms with Crippen LogP contribution in [0.5, 0.6) is 0 Å². The molecule has 0 fully saturated rings. The number of carbonyl (C=O) groups is 3. The molecule has 136 valence electrons. The van der Waals surface area contributed by atoms with E-state index in [1.54, 1.807) is 49.4 Å². The highest BCUT2D eigenvalue weighted by atomic mass is 35.5. The van der Waals surface area contributed by atoms with Crippen molar-refractivity contribution in [2.75, 3.05) is 10.6 Å². The number of aliphatic carboxylic acids is 1. The van der Waals surface area contributed by atoms with Crippen LogP contribution in [0.15, 0.2) is 42.5 Å². The minimum absolute atomic E-state index is 0.0651. The number of carboxylic acids is 1. The second kappa shape index (κ2) is 9.01. The molecule has 6 nitrogen and oxygen atoms in total. The number of halogens is 1. The van der Waals surface area contributed by atoms with E-state index < -0.39 is 5.97 Å². The second-order valence-electron chi connectivity index (χ2n) is 5.71. The van der Waals surface area contributed by atoms with Crippen molar-refractivity contribution in [3.8, 4) is 0 Å². The van der Waals surface area contributed by atoms with E-state index in [4.69, 9.17) is 16.7 Å². The van der Waals surface area contributed by atoms with Crippen molar-refractivity contribution < 1.29 is 19.5 Å². The first-order chi connectivity index (χ1) is 12.4. The van der Waals surface area contributed by atoms with Gasteiger partial charge >= 0.3 is 5.97 Å². The number of hydrogen-bond donors (Lipinski definition) is 3. The molecule has 0 atom stereocenters. The van der Waals surface area contributed by atoms with Crippen molar-refractivity contribution in [3.05, 3.63) is 58.6 Å². The summed E-state index contributed by atoms with van der Waals surface area (Å²) in [7, 11) is 0. The summed E-state index contributed by atoms with van der Waals surface area (Å²) in [6.07, 6.45) is 0.219. The van der Waals surface area contributed by atoms with Gasteiger partial charge in [-0.3, -0.25) is 14.4 Å². The van der Waals surface area contributed by atoms with Gasteiger partial charge in [-0.1, -0.05) is 29.8 Å². The van der Waals surface area contributed by atoms with E-state index in [0.29, 0.717) is 22.0 Å². The fraction of sp³-hybridized carbons (Fsp3) is 0.211. The maximum Gasteiger partial charge on any atom is 0.303 e. The largest absolute Gasteiger partial charge is 0.481 e. The van der Waals surface area contributed by atoms with Crippen molar-refractivity contribution in [1.29, 1.82) is 0 Å². The van der Waals surface area contributed by atoms with E-state index >= 15 is 0 Å². The fourth-order valence-corrected chi connectivity index (χ4v) is 2.51. The maximum atomic E-state index is 12.6. The number of carbonyl (C=O) groups excluding carboxylic acids is 2. The molecule has 0 saturated heterocycles. The van der Waals surface area contributed by atoms with Crippen LogP contribution in [0.4, 0.5) is 11.4 Å². The number of rotatable bonds is 7. The van der Waals surface area contributed by atoms with Gasteiger partial charge in [-0.15, -0.1) is 0 Å². The van der Waals surface area contributed by atoms with E-state index in [-0.39, 0.29) is 31.1 Å². The first-order valence-corrected chi connectivity index (χ1v) is 8.43. The van der Waals surface area contributed by atoms with Gasteiger partial charge in [0.05, 0.1) is 11.3 Å². The second-order valence-corrected chi connectivity index (χ2v) is 6.11. The summed E-state index contributed by atoms with van der Waals surface area (Å²) in [5, 5.41) is 14.6. The molecule has 0 unspecified atom stereocenters. The summed E-state index contributed by atoms with van der Waals surface area (Å²) in [5.74, 6) is -1.67. The molecule has 0 bridgehead atoms. The van der Waals surface area contributed by atoms with Gasteiger partial charge in [0, 0.05) is 23.6 Å². The zero-order valence-electron chi connectivity index (χ0n) is 14.2. The van der Waals surface area contributed by atoms with Crippen molar-refractivity contribution in [2.45, 2.75) is 26.2 Å². The monoisotopic (exact) mass is 374 g/mol. The van der Waals surface area contributed by atoms with Gasteiger partial charge in [-0.2, -0.15) is 0 Å². The summed E-state index contributed by atoms with van der Waals surface area (Å²) < 4.78 is 0. The molecule has 0 aromatic heterocycles. The van der Waals surface area contributed by atoms with Crippen LogP contribution >= 0.6 is 11.6 Å². The van der Waals surface area contributed by atoms with E-state index in [0.717, 1.165) is 5.56 Å². The molecule has 7 heteroatoms. The molecular formula is C19H19ClN2O4. The van der Waals surface area contributed by atoms with E-state index in [1.807, 2.05) is 0 Å². The number of para-hydroxylation sites is 1. The molecule has 0 heterocycles. The van der Waals surface area contributed by atoms with Crippen LogP contribution in [0, 0.1) is 6.92 Å². The Kier molecular flexibility index (Phi) is 6.74. The van der Waals surface area contributed by atoms with Gasteiger partial charge in [-0.05, 0) is 43.2 Å². The van der Waals surface area contributed by atoms with Crippen LogP contribution in [0.25, 0.3) is 0 Å². The summed E-state index contributed by atoms with van der Waals surface area (Å²) in [6, 6.07) is 11.8. The van der Waals surface area contributed by atoms with Crippen LogP contribution in [0.3, 0.4) is 0 Å². The Morgan fingerprint density at radius 2 is 1.65 bits per heavy atom. The third-order valence-corrected chi connectivity index (χ3v) is 4.17. The third-order valence-electron chi connectivity index (χ3n) is 3.76. The molecule has 0 radical (unpaired) electrons. The van der Waals surface area contributed by atoms with Crippen LogP contribution in [0.1, 0.15) is 35.2 Å². The molecule has 0 aliphatic rings. The number of amides is 2. The lowest BCUT2D eigenvalue weighted by atomic mass is 10.1. The van der Waals surface area contributed by atoms with E-state index in [1.165, 1.54) is 0 Å². The van der Waals surface area contributed by atoms with Gasteiger partial charge in [0.2, 0.25) is 5.91 Å². The highest BCUT2D eigenvalue weighted by Gasteiger charge is 2.15. The fourth-order valence-electron chi connectivity index (χ4n) is 2.34. The minimum atomic E-state index is -0.950. The SMILES string of the molecule is Cc1c(Cl)cccc1NC(=O)c1ccccc1NC(=O)CCCC(=O)O. The lowest BCUT2D eigenvalue weighted by molar-refractivity contribution is -0.137. The molecule has 0 spiro atoms. The summed E-state index contributed by atoms with van der Waals surface area (Å²) in [6.45, 7) is 1.80. The average Bonchev–Trinajstić information content (AvgIpc) is 2.59. The number of carboxylic acid groups (broad SMARTS) is 1. The maximum absolute atomic E-state index is 12.6. The molecule has 0 aliphatic heterocycles. The first-order valence-electron chi connectivity index (χ1n) is 8.05. The molecule has 0 saturated carbocycles. The minimum Gasteiger partial charge on any atom is -0.481 e. The first kappa shape index (κ1) is 19.5. The van der Waals surface area contributed by atoms with Gasteiger partial charge in [0.1, 0.15) is 0 Å². The predicted molar refractivity (Wildman–Crippen MR) is 101 cm³/mol. The van der Waals surface area contributed by atoms with Gasteiger partial charge in [-0.25, -0.2) is 0 Å². The molecule has 2 aromatic carbocycles. The van der Waals surface area contributed by atoms with Crippen molar-refractivity contribution in [3.63, 3.8) is 0 Å². The van der Waals surface area contributed by atoms with E-state index in [2.05, 4.69) is 10.6 Å². The standard InChI is InChI=1S/C19H19ClN2O4/c1-12-14(20)7-4-9-15(12)22-19(26)13-6-2-3-8-16(13)21-17(23)10-5-11-18(24)25/h2-4,6-9H,5,10-11H2,1H3,(H,21,23)(H,22,26)(H,24,25). The molecule has 26 heavy (non-hydrogen) atoms. The topological polar surface area (TPSA) is 95.5 Å². The number of anilines is 2. The molecule has 2 amide bonds. The zero-order chi connectivity index (χ0) is 19.1. The normalized spacial score (nSPS) is 10.2. The van der Waals surface area contributed by atoms with Crippen LogP contribution in [0.2, 0.25) is 5.02 Å². The average molecular weight is 375 g/mol. The van der Waals surface area contributed by atoms with Gasteiger partial charge in [0.15, 0.2) is 0 Å². The van der Waals surface area contributed by atoms with Gasteiger partial charge in [0.25, 0.3) is 5.91 Å². The lowest BCUT2D eigenvalue weighted by Gasteiger charge is -2.13. The summed E-state index contributed by atoms with van der Waals surface area (Å²) in [5.41, 5.74) is 2.01. The number of nitrogens with one attached hydrogen (secondary N) is 2. The van der Waals surface area contributed by atoms with Gasteiger partial charge < -0.3 is 15.7 Å². The van der Waals surface area contributed by atoms with Crippen LogP contribution in [-0.2, 0) is 9.59 Å². The lowest BCUT2D eigenvalue weighted by Crippen LogP contribution is -2.18. The molecule has 2 aromatic rings. The molecule has 3 N–H and O–H groups in total. The Morgan fingerprint density at radius 1 is 0.962 bits per heavy atom. The predicted octanol–water partition coefficient (Wildman–Crippen LogP) is 4.09. The smallest absolute Gasteiger partial charge is 0.303 e. The van der Waals surface area contributed by atoms with Crippen molar-refractivity contribution >= 4 is 40.8 Å². The molecular weight excluding hydrogens is 356 g/mol. The van der Waals surface area contributed by atoms with E-state index in [9.17, 15) is 14.4 Å². The zero-order valence-corrected chi connectivity index (χ0v) is 15.0. The highest BCUT2D eigenvalue weighted by Crippen LogP contribution is 2.24. The number of benzene rings is 2. The third kappa shape index (κ3) is 5.32. The van der Waals surface area contributed by atoms with Crippen LogP contribution < -0.4 is 10.6 Å². The Labute approximate surface area is 156 Å². The Morgan fingerprint density at radius 3 is 2.38 bits per heavy atom. The molecule has 0 aliphatic carbocycles.